The van der Waals surface area contributed by atoms with E-state index in [1.54, 1.807) is 0 Å². The number of amides is 1. The Hall–Kier alpha value is -2.63. The standard InChI is InChI=1S/C19H23N3O3/c1-13-16(14(2)22(21-13)15-7-4-3-5-8-15)11-17(23)20-19(9-6-10-19)12-18(24)25/h3-5,7-8H,6,9-12H2,1-2H3,(H,20,23)(H,24,25). The quantitative estimate of drug-likeness (QED) is 0.846. The number of aryl methyl sites for hydroxylation is 1. The Balaban J connectivity index is 1.76. The summed E-state index contributed by atoms with van der Waals surface area (Å²) in [5.74, 6) is -1.01. The lowest BCUT2D eigenvalue weighted by Crippen LogP contribution is -2.55. The molecule has 0 bridgehead atoms. The molecule has 0 atom stereocenters. The van der Waals surface area contributed by atoms with Gasteiger partial charge >= 0.3 is 5.97 Å². The van der Waals surface area contributed by atoms with Crippen LogP contribution in [0, 0.1) is 13.8 Å². The zero-order valence-corrected chi connectivity index (χ0v) is 14.6. The van der Waals surface area contributed by atoms with Crippen LogP contribution in [0.3, 0.4) is 0 Å². The summed E-state index contributed by atoms with van der Waals surface area (Å²) in [6, 6.07) is 9.79. The fraction of sp³-hybridized carbons (Fsp3) is 0.421. The third-order valence-electron chi connectivity index (χ3n) is 4.98. The monoisotopic (exact) mass is 341 g/mol. The first-order valence-corrected chi connectivity index (χ1v) is 8.53. The van der Waals surface area contributed by atoms with Gasteiger partial charge in [0.2, 0.25) is 5.91 Å². The van der Waals surface area contributed by atoms with Crippen LogP contribution in [0.5, 0.6) is 0 Å². The number of aromatic nitrogens is 2. The van der Waals surface area contributed by atoms with E-state index in [4.69, 9.17) is 5.11 Å². The minimum Gasteiger partial charge on any atom is -0.481 e. The molecular weight excluding hydrogens is 318 g/mol. The van der Waals surface area contributed by atoms with Gasteiger partial charge in [0.1, 0.15) is 0 Å². The minimum atomic E-state index is -0.871. The second-order valence-corrected chi connectivity index (χ2v) is 6.83. The highest BCUT2D eigenvalue weighted by Crippen LogP contribution is 2.35. The van der Waals surface area contributed by atoms with Gasteiger partial charge in [0.25, 0.3) is 0 Å². The van der Waals surface area contributed by atoms with Gasteiger partial charge in [-0.3, -0.25) is 9.59 Å². The van der Waals surface area contributed by atoms with E-state index in [9.17, 15) is 9.59 Å². The molecule has 1 aliphatic rings. The first-order valence-electron chi connectivity index (χ1n) is 8.53. The van der Waals surface area contributed by atoms with E-state index in [2.05, 4.69) is 10.4 Å². The van der Waals surface area contributed by atoms with Crippen molar-refractivity contribution < 1.29 is 14.7 Å². The molecule has 2 N–H and O–H groups in total. The molecule has 25 heavy (non-hydrogen) atoms. The molecule has 132 valence electrons. The third-order valence-corrected chi connectivity index (χ3v) is 4.98. The highest BCUT2D eigenvalue weighted by molar-refractivity contribution is 5.81. The van der Waals surface area contributed by atoms with Crippen LogP contribution in [0.25, 0.3) is 5.69 Å². The van der Waals surface area contributed by atoms with Gasteiger partial charge in [0.05, 0.1) is 29.8 Å². The number of para-hydroxylation sites is 1. The highest BCUT2D eigenvalue weighted by atomic mass is 16.4. The summed E-state index contributed by atoms with van der Waals surface area (Å²) in [6.07, 6.45) is 2.61. The lowest BCUT2D eigenvalue weighted by atomic mass is 9.74. The van der Waals surface area contributed by atoms with Crippen LogP contribution in [-0.4, -0.2) is 32.3 Å². The van der Waals surface area contributed by atoms with Crippen LogP contribution in [-0.2, 0) is 16.0 Å². The van der Waals surface area contributed by atoms with E-state index < -0.39 is 11.5 Å². The molecule has 3 rings (SSSR count). The van der Waals surface area contributed by atoms with Gasteiger partial charge in [-0.25, -0.2) is 4.68 Å². The molecule has 1 heterocycles. The number of nitrogens with zero attached hydrogens (tertiary/aromatic N) is 2. The normalized spacial score (nSPS) is 15.4. The lowest BCUT2D eigenvalue weighted by molar-refractivity contribution is -0.140. The van der Waals surface area contributed by atoms with E-state index in [1.165, 1.54) is 0 Å². The number of hydrogen-bond donors (Lipinski definition) is 2. The SMILES string of the molecule is Cc1nn(-c2ccccc2)c(C)c1CC(=O)NC1(CC(=O)O)CCC1. The molecule has 1 aromatic heterocycles. The molecule has 0 unspecified atom stereocenters. The van der Waals surface area contributed by atoms with E-state index in [0.717, 1.165) is 41.9 Å². The highest BCUT2D eigenvalue weighted by Gasteiger charge is 2.40. The number of carbonyl (C=O) groups is 2. The van der Waals surface area contributed by atoms with Crippen LogP contribution in [0.4, 0.5) is 0 Å². The predicted molar refractivity (Wildman–Crippen MR) is 93.7 cm³/mol. The van der Waals surface area contributed by atoms with Gasteiger partial charge in [-0.2, -0.15) is 5.10 Å². The van der Waals surface area contributed by atoms with Gasteiger partial charge in [0.15, 0.2) is 0 Å². The number of rotatable bonds is 6. The van der Waals surface area contributed by atoms with Crippen LogP contribution >= 0.6 is 0 Å². The summed E-state index contributed by atoms with van der Waals surface area (Å²) in [6.45, 7) is 3.84. The van der Waals surface area contributed by atoms with Crippen LogP contribution in [0.2, 0.25) is 0 Å². The van der Waals surface area contributed by atoms with E-state index in [0.29, 0.717) is 0 Å². The van der Waals surface area contributed by atoms with Crippen LogP contribution in [0.1, 0.15) is 42.6 Å². The molecule has 0 spiro atoms. The van der Waals surface area contributed by atoms with Crippen molar-refractivity contribution >= 4 is 11.9 Å². The smallest absolute Gasteiger partial charge is 0.305 e. The van der Waals surface area contributed by atoms with Crippen molar-refractivity contribution in [1.82, 2.24) is 15.1 Å². The first-order chi connectivity index (χ1) is 11.9. The molecule has 6 heteroatoms. The molecule has 6 nitrogen and oxygen atoms in total. The van der Waals surface area contributed by atoms with Gasteiger partial charge in [-0.15, -0.1) is 0 Å². The Morgan fingerprint density at radius 1 is 1.24 bits per heavy atom. The summed E-state index contributed by atoms with van der Waals surface area (Å²) in [5.41, 5.74) is 3.03. The number of benzene rings is 1. The van der Waals surface area contributed by atoms with Gasteiger partial charge < -0.3 is 10.4 Å². The molecule has 1 fully saturated rings. The molecule has 0 saturated heterocycles. The molecule has 1 amide bonds. The molecule has 0 radical (unpaired) electrons. The van der Waals surface area contributed by atoms with Crippen LogP contribution in [0.15, 0.2) is 30.3 Å². The Morgan fingerprint density at radius 2 is 1.92 bits per heavy atom. The molecule has 1 aliphatic carbocycles. The van der Waals surface area contributed by atoms with Gasteiger partial charge in [-0.1, -0.05) is 18.2 Å². The Bertz CT molecular complexity index is 792. The molecule has 2 aromatic rings. The van der Waals surface area contributed by atoms with Crippen molar-refractivity contribution in [2.75, 3.05) is 0 Å². The average molecular weight is 341 g/mol. The summed E-state index contributed by atoms with van der Waals surface area (Å²) in [5, 5.41) is 16.6. The molecule has 1 saturated carbocycles. The van der Waals surface area contributed by atoms with Crippen LogP contribution < -0.4 is 5.32 Å². The van der Waals surface area contributed by atoms with Crippen molar-refractivity contribution in [1.29, 1.82) is 0 Å². The van der Waals surface area contributed by atoms with Crippen molar-refractivity contribution in [3.8, 4) is 5.69 Å². The largest absolute Gasteiger partial charge is 0.481 e. The van der Waals surface area contributed by atoms with Gasteiger partial charge in [0, 0.05) is 11.3 Å². The van der Waals surface area contributed by atoms with Crippen molar-refractivity contribution in [2.45, 2.75) is 51.5 Å². The van der Waals surface area contributed by atoms with E-state index in [-0.39, 0.29) is 18.7 Å². The van der Waals surface area contributed by atoms with Crippen molar-refractivity contribution in [3.05, 3.63) is 47.3 Å². The maximum atomic E-state index is 12.5. The number of carboxylic acids is 1. The number of carbonyl (C=O) groups excluding carboxylic acids is 1. The zero-order chi connectivity index (χ0) is 18.0. The summed E-state index contributed by atoms with van der Waals surface area (Å²) in [7, 11) is 0. The summed E-state index contributed by atoms with van der Waals surface area (Å²) < 4.78 is 1.84. The lowest BCUT2D eigenvalue weighted by Gasteiger charge is -2.41. The van der Waals surface area contributed by atoms with Crippen molar-refractivity contribution in [2.24, 2.45) is 0 Å². The Labute approximate surface area is 146 Å². The van der Waals surface area contributed by atoms with Gasteiger partial charge in [-0.05, 0) is 45.2 Å². The topological polar surface area (TPSA) is 84.2 Å². The maximum absolute atomic E-state index is 12.5. The molecule has 0 aliphatic heterocycles. The maximum Gasteiger partial charge on any atom is 0.305 e. The summed E-state index contributed by atoms with van der Waals surface area (Å²) >= 11 is 0. The summed E-state index contributed by atoms with van der Waals surface area (Å²) in [4.78, 5) is 23.6. The fourth-order valence-electron chi connectivity index (χ4n) is 3.49. The van der Waals surface area contributed by atoms with Crippen molar-refractivity contribution in [3.63, 3.8) is 0 Å². The number of aliphatic carboxylic acids is 1. The van der Waals surface area contributed by atoms with E-state index >= 15 is 0 Å². The predicted octanol–water partition coefficient (Wildman–Crippen LogP) is 2.55. The second kappa shape index (κ2) is 6.70. The molecule has 1 aromatic carbocycles. The average Bonchev–Trinajstić information content (AvgIpc) is 2.81. The third kappa shape index (κ3) is 3.57. The first kappa shape index (κ1) is 17.2. The Morgan fingerprint density at radius 3 is 2.48 bits per heavy atom. The number of carboxylic acid groups (broad SMARTS) is 1. The van der Waals surface area contributed by atoms with E-state index in [1.807, 2.05) is 48.9 Å². The fourth-order valence-corrected chi connectivity index (χ4v) is 3.49. The second-order valence-electron chi connectivity index (χ2n) is 6.83. The Kier molecular flexibility index (Phi) is 4.61. The minimum absolute atomic E-state index is 0.0139. The number of nitrogens with one attached hydrogen (secondary N) is 1. The number of hydrogen-bond acceptors (Lipinski definition) is 3. The zero-order valence-electron chi connectivity index (χ0n) is 14.6. The molecular formula is C19H23N3O3.